The molecule has 1 unspecified atom stereocenters. The molecule has 2 fully saturated rings. The van der Waals surface area contributed by atoms with Crippen molar-refractivity contribution in [1.82, 2.24) is 24.6 Å². The molecule has 35 heavy (non-hydrogen) atoms. The number of rotatable bonds is 7. The number of benzene rings is 1. The number of hydrogen-bond donors (Lipinski definition) is 2. The molecule has 2 atom stereocenters. The number of anilines is 2. The normalized spacial score (nSPS) is 19.0. The van der Waals surface area contributed by atoms with Gasteiger partial charge in [-0.15, -0.1) is 0 Å². The molecule has 5 rings (SSSR count). The van der Waals surface area contributed by atoms with E-state index in [4.69, 9.17) is 0 Å². The number of aliphatic hydroxyl groups is 1. The van der Waals surface area contributed by atoms with E-state index in [9.17, 15) is 15.2 Å². The first-order chi connectivity index (χ1) is 17.1. The van der Waals surface area contributed by atoms with E-state index in [-0.39, 0.29) is 11.9 Å². The minimum absolute atomic E-state index is 0.0735. The second kappa shape index (κ2) is 10.2. The summed E-state index contributed by atoms with van der Waals surface area (Å²) >= 11 is 0. The molecule has 1 amide bonds. The van der Waals surface area contributed by atoms with Crippen molar-refractivity contribution < 1.29 is 9.90 Å². The number of nitriles is 1. The fraction of sp³-hybridized carbons (Fsp3) is 0.423. The van der Waals surface area contributed by atoms with E-state index in [2.05, 4.69) is 26.5 Å². The highest BCUT2D eigenvalue weighted by Gasteiger charge is 2.27. The van der Waals surface area contributed by atoms with Crippen molar-refractivity contribution in [1.29, 1.82) is 5.26 Å². The van der Waals surface area contributed by atoms with Gasteiger partial charge in [0.1, 0.15) is 0 Å². The van der Waals surface area contributed by atoms with Crippen LogP contribution in [0.2, 0.25) is 0 Å². The van der Waals surface area contributed by atoms with Crippen LogP contribution >= 0.6 is 0 Å². The van der Waals surface area contributed by atoms with E-state index < -0.39 is 6.10 Å². The number of carbonyl (C=O) groups excluding carboxylic acids is 1. The van der Waals surface area contributed by atoms with Gasteiger partial charge in [0.05, 0.1) is 36.5 Å². The fourth-order valence-corrected chi connectivity index (χ4v) is 5.08. The van der Waals surface area contributed by atoms with E-state index in [0.717, 1.165) is 29.8 Å². The molecule has 0 radical (unpaired) electrons. The summed E-state index contributed by atoms with van der Waals surface area (Å²) < 4.78 is 1.93. The molecule has 1 saturated carbocycles. The summed E-state index contributed by atoms with van der Waals surface area (Å²) in [5, 5.41) is 26.8. The molecule has 9 heteroatoms. The van der Waals surface area contributed by atoms with Gasteiger partial charge >= 0.3 is 0 Å². The van der Waals surface area contributed by atoms with E-state index in [1.165, 1.54) is 12.8 Å². The number of hydrogen-bond acceptors (Lipinski definition) is 7. The lowest BCUT2D eigenvalue weighted by Crippen LogP contribution is -2.29. The van der Waals surface area contributed by atoms with Crippen LogP contribution in [0.25, 0.3) is 11.3 Å². The largest absolute Gasteiger partial charge is 0.391 e. The number of likely N-dealkylation sites (tertiary alicyclic amines) is 1. The molecular weight excluding hydrogens is 442 g/mol. The highest BCUT2D eigenvalue weighted by Crippen LogP contribution is 2.36. The van der Waals surface area contributed by atoms with Crippen molar-refractivity contribution in [2.75, 3.05) is 18.4 Å². The van der Waals surface area contributed by atoms with Gasteiger partial charge in [-0.3, -0.25) is 9.48 Å². The van der Waals surface area contributed by atoms with Gasteiger partial charge in [-0.1, -0.05) is 12.8 Å². The summed E-state index contributed by atoms with van der Waals surface area (Å²) in [7, 11) is 0. The van der Waals surface area contributed by atoms with Crippen LogP contribution < -0.4 is 5.32 Å². The Morgan fingerprint density at radius 2 is 2.00 bits per heavy atom. The Morgan fingerprint density at radius 1 is 1.20 bits per heavy atom. The van der Waals surface area contributed by atoms with Crippen molar-refractivity contribution >= 4 is 17.5 Å². The molecule has 2 aromatic heterocycles. The third-order valence-corrected chi connectivity index (χ3v) is 6.98. The second-order valence-electron chi connectivity index (χ2n) is 9.34. The highest BCUT2D eigenvalue weighted by molar-refractivity contribution is 5.94. The molecular formula is C26H29N7O2. The monoisotopic (exact) mass is 471 g/mol. The number of amides is 1. The molecule has 0 spiro atoms. The molecule has 1 aliphatic carbocycles. The van der Waals surface area contributed by atoms with Crippen molar-refractivity contribution in [3.63, 3.8) is 0 Å². The Labute approximate surface area is 204 Å². The van der Waals surface area contributed by atoms with Crippen LogP contribution in [0.4, 0.5) is 11.6 Å². The number of aliphatic hydroxyl groups excluding tert-OH is 1. The molecule has 1 aromatic carbocycles. The predicted octanol–water partition coefficient (Wildman–Crippen LogP) is 3.94. The first kappa shape index (κ1) is 23.0. The Morgan fingerprint density at radius 3 is 2.71 bits per heavy atom. The zero-order chi connectivity index (χ0) is 24.2. The van der Waals surface area contributed by atoms with Gasteiger partial charge < -0.3 is 15.3 Å². The number of aromatic nitrogens is 4. The maximum Gasteiger partial charge on any atom is 0.253 e. The number of β-amino-alcohol motifs (C(OH)–C–C–N with tert-alkyl or cyclic N) is 1. The van der Waals surface area contributed by atoms with Crippen LogP contribution in [0.15, 0.2) is 48.9 Å². The lowest BCUT2D eigenvalue weighted by Gasteiger charge is -2.21. The summed E-state index contributed by atoms with van der Waals surface area (Å²) in [5.41, 5.74) is 2.98. The van der Waals surface area contributed by atoms with Crippen molar-refractivity contribution in [2.45, 2.75) is 50.7 Å². The van der Waals surface area contributed by atoms with Gasteiger partial charge in [0.15, 0.2) is 0 Å². The standard InChI is InChI=1S/C26H29N7O2/c27-12-9-24(18-3-1-2-4-18)33-16-20(15-29-33)23-10-13-28-26(31-23)30-21-7-5-19(6-8-21)25(35)32-14-11-22(34)17-32/h5-8,10,13,15-16,18,22,24,34H,1-4,9,11,14,17H2,(H,28,30,31)/t22-,24?/m1/s1. The number of nitrogens with zero attached hydrogens (tertiary/aromatic N) is 6. The topological polar surface area (TPSA) is 120 Å². The van der Waals surface area contributed by atoms with Crippen LogP contribution in [0.3, 0.4) is 0 Å². The lowest BCUT2D eigenvalue weighted by molar-refractivity contribution is 0.0765. The Kier molecular flexibility index (Phi) is 6.73. The molecule has 1 saturated heterocycles. The van der Waals surface area contributed by atoms with E-state index >= 15 is 0 Å². The maximum absolute atomic E-state index is 12.6. The van der Waals surface area contributed by atoms with Gasteiger partial charge in [0.25, 0.3) is 5.91 Å². The molecule has 180 valence electrons. The van der Waals surface area contributed by atoms with Crippen LogP contribution in [-0.2, 0) is 0 Å². The van der Waals surface area contributed by atoms with E-state index in [0.29, 0.717) is 43.4 Å². The molecule has 2 aliphatic rings. The predicted molar refractivity (Wildman–Crippen MR) is 131 cm³/mol. The summed E-state index contributed by atoms with van der Waals surface area (Å²) in [6.45, 7) is 0.961. The van der Waals surface area contributed by atoms with Crippen molar-refractivity contribution in [2.24, 2.45) is 5.92 Å². The average Bonchev–Trinajstić information content (AvgIpc) is 3.65. The minimum Gasteiger partial charge on any atom is -0.391 e. The van der Waals surface area contributed by atoms with Crippen molar-refractivity contribution in [3.8, 4) is 17.3 Å². The third-order valence-electron chi connectivity index (χ3n) is 6.98. The maximum atomic E-state index is 12.6. The van der Waals surface area contributed by atoms with Gasteiger partial charge in [0, 0.05) is 42.3 Å². The van der Waals surface area contributed by atoms with Gasteiger partial charge in [0.2, 0.25) is 5.95 Å². The summed E-state index contributed by atoms with van der Waals surface area (Å²) in [6, 6.07) is 11.4. The highest BCUT2D eigenvalue weighted by atomic mass is 16.3. The zero-order valence-corrected chi connectivity index (χ0v) is 19.5. The van der Waals surface area contributed by atoms with Crippen molar-refractivity contribution in [3.05, 3.63) is 54.5 Å². The Hall–Kier alpha value is -3.77. The summed E-state index contributed by atoms with van der Waals surface area (Å²) in [5.74, 6) is 0.868. The zero-order valence-electron chi connectivity index (χ0n) is 19.5. The Balaban J connectivity index is 1.27. The van der Waals surface area contributed by atoms with Gasteiger partial charge in [-0.2, -0.15) is 10.4 Å². The molecule has 2 N–H and O–H groups in total. The lowest BCUT2D eigenvalue weighted by atomic mass is 9.96. The number of nitrogens with one attached hydrogen (secondary N) is 1. The number of carbonyl (C=O) groups is 1. The average molecular weight is 472 g/mol. The molecule has 3 heterocycles. The van der Waals surface area contributed by atoms with E-state index in [1.54, 1.807) is 29.4 Å². The van der Waals surface area contributed by atoms with Crippen LogP contribution in [0, 0.1) is 17.2 Å². The minimum atomic E-state index is -0.434. The van der Waals surface area contributed by atoms with Crippen LogP contribution in [0.5, 0.6) is 0 Å². The van der Waals surface area contributed by atoms with Crippen LogP contribution in [0.1, 0.15) is 54.9 Å². The summed E-state index contributed by atoms with van der Waals surface area (Å²) in [6.07, 6.45) is 10.8. The van der Waals surface area contributed by atoms with E-state index in [1.807, 2.05) is 29.1 Å². The summed E-state index contributed by atoms with van der Waals surface area (Å²) in [4.78, 5) is 23.2. The van der Waals surface area contributed by atoms with Crippen LogP contribution in [-0.4, -0.2) is 54.9 Å². The second-order valence-corrected chi connectivity index (χ2v) is 9.34. The molecule has 9 nitrogen and oxygen atoms in total. The smallest absolute Gasteiger partial charge is 0.253 e. The first-order valence-electron chi connectivity index (χ1n) is 12.2. The molecule has 1 aliphatic heterocycles. The molecule has 0 bridgehead atoms. The first-order valence-corrected chi connectivity index (χ1v) is 12.2. The molecule has 3 aromatic rings. The van der Waals surface area contributed by atoms with Gasteiger partial charge in [-0.05, 0) is 55.5 Å². The Bertz CT molecular complexity index is 1210. The quantitative estimate of drug-likeness (QED) is 0.535. The third kappa shape index (κ3) is 5.17. The van der Waals surface area contributed by atoms with Gasteiger partial charge in [-0.25, -0.2) is 9.97 Å². The fourth-order valence-electron chi connectivity index (χ4n) is 5.08. The SMILES string of the molecule is N#CCC(C1CCCC1)n1cc(-c2ccnc(Nc3ccc(C(=O)N4CC[C@@H](O)C4)cc3)n2)cn1.